The van der Waals surface area contributed by atoms with Crippen molar-refractivity contribution < 1.29 is 14.3 Å². The molecule has 12 heteroatoms. The van der Waals surface area contributed by atoms with Crippen molar-refractivity contribution in [3.63, 3.8) is 0 Å². The van der Waals surface area contributed by atoms with Gasteiger partial charge in [0.25, 0.3) is 5.91 Å². The van der Waals surface area contributed by atoms with Gasteiger partial charge in [0.2, 0.25) is 17.0 Å². The van der Waals surface area contributed by atoms with Gasteiger partial charge in [0, 0.05) is 54.1 Å². The van der Waals surface area contributed by atoms with E-state index in [1.54, 1.807) is 12.4 Å². The van der Waals surface area contributed by atoms with Crippen molar-refractivity contribution in [2.45, 2.75) is 32.5 Å². The first-order valence-corrected chi connectivity index (χ1v) is 12.9. The van der Waals surface area contributed by atoms with Crippen LogP contribution in [-0.4, -0.2) is 69.1 Å². The predicted octanol–water partition coefficient (Wildman–Crippen LogP) is 3.84. The molecule has 5 heterocycles. The smallest absolute Gasteiger partial charge is 0.263 e. The van der Waals surface area contributed by atoms with Gasteiger partial charge in [-0.25, -0.2) is 15.0 Å². The molecule has 2 N–H and O–H groups in total. The van der Waals surface area contributed by atoms with Gasteiger partial charge in [-0.1, -0.05) is 0 Å². The van der Waals surface area contributed by atoms with Crippen molar-refractivity contribution in [3.05, 3.63) is 40.3 Å². The zero-order chi connectivity index (χ0) is 24.8. The third-order valence-corrected chi connectivity index (χ3v) is 7.56. The number of rotatable bonds is 4. The van der Waals surface area contributed by atoms with Gasteiger partial charge in [0.05, 0.1) is 35.6 Å². The van der Waals surface area contributed by atoms with Crippen LogP contribution in [0.25, 0.3) is 21.1 Å². The summed E-state index contributed by atoms with van der Waals surface area (Å²) in [5, 5.41) is 7.41. The fourth-order valence-corrected chi connectivity index (χ4v) is 5.78. The number of halogens is 1. The Hall–Kier alpha value is -3.12. The average molecular weight is 526 g/mol. The number of hydrogen-bond acceptors (Lipinski definition) is 10. The van der Waals surface area contributed by atoms with Crippen LogP contribution in [0.4, 0.5) is 5.69 Å². The number of amides is 1. The number of aromatic nitrogens is 4. The van der Waals surface area contributed by atoms with Crippen LogP contribution in [-0.2, 0) is 11.3 Å². The van der Waals surface area contributed by atoms with Gasteiger partial charge in [0.15, 0.2) is 0 Å². The second-order valence-electron chi connectivity index (χ2n) is 9.06. The zero-order valence-corrected chi connectivity index (χ0v) is 21.3. The summed E-state index contributed by atoms with van der Waals surface area (Å²) in [4.78, 5) is 33.4. The molecule has 1 saturated heterocycles. The van der Waals surface area contributed by atoms with Crippen LogP contribution in [0.5, 0.6) is 11.8 Å². The quantitative estimate of drug-likeness (QED) is 0.383. The van der Waals surface area contributed by atoms with Crippen molar-refractivity contribution in [1.29, 1.82) is 0 Å². The molecule has 0 unspecified atom stereocenters. The molecule has 2 aliphatic heterocycles. The highest BCUT2D eigenvalue weighted by atomic mass is 35.5. The van der Waals surface area contributed by atoms with Crippen molar-refractivity contribution >= 4 is 55.7 Å². The maximum atomic E-state index is 12.7. The van der Waals surface area contributed by atoms with E-state index in [1.165, 1.54) is 11.3 Å². The van der Waals surface area contributed by atoms with Crippen molar-refractivity contribution in [1.82, 2.24) is 30.2 Å². The van der Waals surface area contributed by atoms with Crippen LogP contribution in [0.15, 0.2) is 24.5 Å². The molecule has 6 rings (SSSR count). The third-order valence-electron chi connectivity index (χ3n) is 6.23. The van der Waals surface area contributed by atoms with Crippen LogP contribution in [0.3, 0.4) is 0 Å². The molecule has 0 saturated carbocycles. The monoisotopic (exact) mass is 525 g/mol. The fraction of sp³-hybridized carbons (Fsp3) is 0.375. The molecule has 186 valence electrons. The lowest BCUT2D eigenvalue weighted by molar-refractivity contribution is -0.0214. The molecule has 0 radical (unpaired) electrons. The first-order valence-electron chi connectivity index (χ1n) is 11.7. The predicted molar refractivity (Wildman–Crippen MR) is 138 cm³/mol. The van der Waals surface area contributed by atoms with Gasteiger partial charge in [-0.15, -0.1) is 11.3 Å². The first-order chi connectivity index (χ1) is 17.4. The molecule has 2 atom stereocenters. The largest absolute Gasteiger partial charge is 0.418 e. The molecule has 0 spiro atoms. The van der Waals surface area contributed by atoms with E-state index in [2.05, 4.69) is 37.4 Å². The molecule has 3 aromatic heterocycles. The number of thiophene rings is 1. The standard InChI is InChI=1S/C24H24ClN7O3S/c1-12-7-26-20-18-16(36-21(20)22(33)29-12)4-3-15-19(18)27-9-17(30-15)35-23-14(8-28-24(25)31-23)11-32-5-6-34-13(2)10-32/h3-4,8-9,12-13,26H,5-7,10-11H2,1-2H3,(H,29,33)/t12-,13-/m1/s1. The Morgan fingerprint density at radius 1 is 1.25 bits per heavy atom. The maximum Gasteiger partial charge on any atom is 0.263 e. The number of nitrogens with zero attached hydrogens (tertiary/aromatic N) is 5. The molecular weight excluding hydrogens is 502 g/mol. The number of fused-ring (bicyclic) bond motifs is 5. The molecule has 4 aromatic rings. The summed E-state index contributed by atoms with van der Waals surface area (Å²) in [5.74, 6) is 0.571. The molecule has 10 nitrogen and oxygen atoms in total. The number of nitrogens with one attached hydrogen (secondary N) is 2. The van der Waals surface area contributed by atoms with Gasteiger partial charge in [-0.2, -0.15) is 4.98 Å². The van der Waals surface area contributed by atoms with Crippen molar-refractivity contribution in [2.24, 2.45) is 0 Å². The SMILES string of the molecule is C[C@@H]1CNc2c(sc3ccc4nc(Oc5nc(Cl)ncc5CN5CCO[C@H](C)C5)cnc4c23)C(=O)N1. The minimum absolute atomic E-state index is 0.0303. The highest BCUT2D eigenvalue weighted by Crippen LogP contribution is 2.40. The molecular formula is C24H24ClN7O3S. The van der Waals surface area contributed by atoms with Gasteiger partial charge in [-0.05, 0) is 37.6 Å². The molecule has 2 aliphatic rings. The van der Waals surface area contributed by atoms with Crippen LogP contribution in [0.1, 0.15) is 29.1 Å². The summed E-state index contributed by atoms with van der Waals surface area (Å²) in [6.07, 6.45) is 3.42. The molecule has 1 fully saturated rings. The van der Waals surface area contributed by atoms with E-state index in [0.29, 0.717) is 47.4 Å². The van der Waals surface area contributed by atoms with Gasteiger partial charge in [-0.3, -0.25) is 9.69 Å². The van der Waals surface area contributed by atoms with E-state index in [9.17, 15) is 4.79 Å². The lowest BCUT2D eigenvalue weighted by atomic mass is 10.1. The van der Waals surface area contributed by atoms with Crippen molar-refractivity contribution in [3.8, 4) is 11.8 Å². The summed E-state index contributed by atoms with van der Waals surface area (Å²) in [6.45, 7) is 7.57. The molecule has 1 amide bonds. The normalized spacial score (nSPS) is 20.6. The lowest BCUT2D eigenvalue weighted by Crippen LogP contribution is -2.40. The minimum Gasteiger partial charge on any atom is -0.418 e. The molecule has 36 heavy (non-hydrogen) atoms. The molecule has 0 bridgehead atoms. The number of carbonyl (C=O) groups excluding carboxylic acids is 1. The second-order valence-corrected chi connectivity index (χ2v) is 10.5. The van der Waals surface area contributed by atoms with Crippen molar-refractivity contribution in [2.75, 3.05) is 31.6 Å². The van der Waals surface area contributed by atoms with Crippen LogP contribution in [0.2, 0.25) is 5.28 Å². The van der Waals surface area contributed by atoms with Crippen LogP contribution < -0.4 is 15.4 Å². The Labute approximate surface area is 216 Å². The number of ether oxygens (including phenoxy) is 2. The lowest BCUT2D eigenvalue weighted by Gasteiger charge is -2.31. The van der Waals surface area contributed by atoms with Crippen LogP contribution in [0, 0.1) is 0 Å². The number of benzene rings is 1. The minimum atomic E-state index is -0.0763. The van der Waals surface area contributed by atoms with E-state index >= 15 is 0 Å². The van der Waals surface area contributed by atoms with Gasteiger partial charge in [0.1, 0.15) is 4.88 Å². The summed E-state index contributed by atoms with van der Waals surface area (Å²) < 4.78 is 12.7. The Balaban J connectivity index is 1.34. The third kappa shape index (κ3) is 4.43. The zero-order valence-electron chi connectivity index (χ0n) is 19.7. The first kappa shape index (κ1) is 23.3. The van der Waals surface area contributed by atoms with E-state index in [0.717, 1.165) is 34.4 Å². The summed E-state index contributed by atoms with van der Waals surface area (Å²) in [6, 6.07) is 3.87. The van der Waals surface area contributed by atoms with Gasteiger partial charge < -0.3 is 20.1 Å². The Kier molecular flexibility index (Phi) is 6.08. The van der Waals surface area contributed by atoms with E-state index < -0.39 is 0 Å². The topological polar surface area (TPSA) is 114 Å². The number of carbonyl (C=O) groups is 1. The number of anilines is 1. The fourth-order valence-electron chi connectivity index (χ4n) is 4.57. The second kappa shape index (κ2) is 9.40. The van der Waals surface area contributed by atoms with Gasteiger partial charge >= 0.3 is 0 Å². The molecule has 1 aromatic carbocycles. The number of morpholine rings is 1. The molecule has 0 aliphatic carbocycles. The van der Waals surface area contributed by atoms with Crippen LogP contribution >= 0.6 is 22.9 Å². The Morgan fingerprint density at radius 2 is 2.14 bits per heavy atom. The summed E-state index contributed by atoms with van der Waals surface area (Å²) in [7, 11) is 0. The highest BCUT2D eigenvalue weighted by molar-refractivity contribution is 7.21. The Morgan fingerprint density at radius 3 is 3.00 bits per heavy atom. The highest BCUT2D eigenvalue weighted by Gasteiger charge is 2.25. The number of hydrogen-bond donors (Lipinski definition) is 2. The van der Waals surface area contributed by atoms with E-state index in [1.807, 2.05) is 19.1 Å². The van der Waals surface area contributed by atoms with E-state index in [4.69, 9.17) is 26.1 Å². The van der Waals surface area contributed by atoms with E-state index in [-0.39, 0.29) is 23.3 Å². The maximum absolute atomic E-state index is 12.7. The summed E-state index contributed by atoms with van der Waals surface area (Å²) in [5.41, 5.74) is 2.97. The average Bonchev–Trinajstić information content (AvgIpc) is 3.17. The summed E-state index contributed by atoms with van der Waals surface area (Å²) >= 11 is 7.54. The Bertz CT molecular complexity index is 1480.